The van der Waals surface area contributed by atoms with Crippen molar-refractivity contribution in [3.8, 4) is 0 Å². The van der Waals surface area contributed by atoms with Crippen molar-refractivity contribution >= 4 is 34.5 Å². The predicted octanol–water partition coefficient (Wildman–Crippen LogP) is 1.73. The summed E-state index contributed by atoms with van der Waals surface area (Å²) in [6, 6.07) is 1.52. The Bertz CT molecular complexity index is 794. The number of oxime groups is 1. The first kappa shape index (κ1) is 17.4. The molecular formula is C18H21N3O4S. The van der Waals surface area contributed by atoms with Gasteiger partial charge in [-0.3, -0.25) is 14.4 Å². The van der Waals surface area contributed by atoms with Crippen molar-refractivity contribution in [2.24, 2.45) is 11.1 Å². The fourth-order valence-electron chi connectivity index (χ4n) is 3.76. The third kappa shape index (κ3) is 2.97. The zero-order valence-electron chi connectivity index (χ0n) is 14.6. The number of thiophene rings is 1. The van der Waals surface area contributed by atoms with Crippen molar-refractivity contribution < 1.29 is 19.2 Å². The number of amides is 1. The first-order chi connectivity index (χ1) is 12.6. The van der Waals surface area contributed by atoms with Crippen LogP contribution in [0.2, 0.25) is 0 Å². The number of likely N-dealkylation sites (tertiary alicyclic amines) is 1. The van der Waals surface area contributed by atoms with Crippen LogP contribution in [0.1, 0.15) is 55.9 Å². The summed E-state index contributed by atoms with van der Waals surface area (Å²) in [5, 5.41) is 6.67. The molecule has 8 heteroatoms. The highest BCUT2D eigenvalue weighted by Crippen LogP contribution is 2.36. The molecule has 7 nitrogen and oxygen atoms in total. The van der Waals surface area contributed by atoms with E-state index in [1.807, 2.05) is 0 Å². The zero-order valence-corrected chi connectivity index (χ0v) is 15.4. The molecule has 1 amide bonds. The van der Waals surface area contributed by atoms with E-state index < -0.39 is 12.0 Å². The van der Waals surface area contributed by atoms with Gasteiger partial charge in [0.15, 0.2) is 5.78 Å². The Morgan fingerprint density at radius 2 is 2.12 bits per heavy atom. The number of ketones is 2. The molecule has 138 valence electrons. The predicted molar refractivity (Wildman–Crippen MR) is 97.1 cm³/mol. The summed E-state index contributed by atoms with van der Waals surface area (Å²) < 4.78 is 0. The first-order valence-electron chi connectivity index (χ1n) is 8.99. The Balaban J connectivity index is 1.40. The zero-order chi connectivity index (χ0) is 18.3. The molecule has 3 aliphatic rings. The van der Waals surface area contributed by atoms with Crippen LogP contribution in [-0.4, -0.2) is 60.4 Å². The van der Waals surface area contributed by atoms with Gasteiger partial charge in [-0.1, -0.05) is 5.16 Å². The molecule has 4 rings (SSSR count). The lowest BCUT2D eigenvalue weighted by atomic mass is 9.82. The molecule has 0 saturated carbocycles. The van der Waals surface area contributed by atoms with Gasteiger partial charge in [-0.05, 0) is 51.9 Å². The number of carbonyl (C=O) groups is 3. The van der Waals surface area contributed by atoms with E-state index in [4.69, 9.17) is 4.84 Å². The number of nitrogens with one attached hydrogen (secondary N) is 1. The Morgan fingerprint density at radius 3 is 2.88 bits per heavy atom. The molecule has 26 heavy (non-hydrogen) atoms. The fraction of sp³-hybridized carbons (Fsp3) is 0.556. The number of nitrogens with zero attached hydrogens (tertiary/aromatic N) is 2. The molecule has 2 aliphatic heterocycles. The number of Topliss-reactive ketones (excluding diaryl/α,β-unsaturated/α-hetero) is 2. The van der Waals surface area contributed by atoms with Crippen LogP contribution in [0.25, 0.3) is 0 Å². The van der Waals surface area contributed by atoms with Gasteiger partial charge >= 0.3 is 0 Å². The van der Waals surface area contributed by atoms with Crippen LogP contribution in [0.3, 0.4) is 0 Å². The average molecular weight is 375 g/mol. The maximum atomic E-state index is 12.7. The van der Waals surface area contributed by atoms with E-state index in [0.29, 0.717) is 22.0 Å². The molecule has 0 bridgehead atoms. The summed E-state index contributed by atoms with van der Waals surface area (Å²) >= 11 is 1.09. The van der Waals surface area contributed by atoms with Crippen LogP contribution in [0.5, 0.6) is 0 Å². The Morgan fingerprint density at radius 1 is 1.35 bits per heavy atom. The first-order valence-corrected chi connectivity index (χ1v) is 9.81. The Hall–Kier alpha value is -2.06. The minimum Gasteiger partial charge on any atom is -0.383 e. The SMILES string of the molecule is CC1=NOC2C(=O)c3cc(C(=O)NCCCN4CCCC4)sc3C(=O)C12. The van der Waals surface area contributed by atoms with Gasteiger partial charge in [0.2, 0.25) is 11.9 Å². The molecule has 1 aliphatic carbocycles. The van der Waals surface area contributed by atoms with E-state index in [9.17, 15) is 14.4 Å². The molecule has 0 aromatic carbocycles. The summed E-state index contributed by atoms with van der Waals surface area (Å²) in [5.41, 5.74) is 0.800. The molecule has 1 N–H and O–H groups in total. The maximum Gasteiger partial charge on any atom is 0.261 e. The smallest absolute Gasteiger partial charge is 0.261 e. The highest BCUT2D eigenvalue weighted by molar-refractivity contribution is 7.16. The van der Waals surface area contributed by atoms with Gasteiger partial charge < -0.3 is 15.1 Å². The van der Waals surface area contributed by atoms with Crippen molar-refractivity contribution in [1.29, 1.82) is 0 Å². The third-order valence-electron chi connectivity index (χ3n) is 5.18. The van der Waals surface area contributed by atoms with Gasteiger partial charge in [-0.15, -0.1) is 11.3 Å². The van der Waals surface area contributed by atoms with Gasteiger partial charge in [0.1, 0.15) is 5.92 Å². The summed E-state index contributed by atoms with van der Waals surface area (Å²) in [7, 11) is 0. The Kier molecular flexibility index (Phi) is 4.62. The molecule has 3 heterocycles. The van der Waals surface area contributed by atoms with Crippen LogP contribution < -0.4 is 5.32 Å². The van der Waals surface area contributed by atoms with Crippen molar-refractivity contribution in [2.45, 2.75) is 32.3 Å². The largest absolute Gasteiger partial charge is 0.383 e. The molecule has 1 fully saturated rings. The maximum absolute atomic E-state index is 12.7. The Labute approximate surface area is 155 Å². The molecule has 1 saturated heterocycles. The second-order valence-electron chi connectivity index (χ2n) is 6.98. The summed E-state index contributed by atoms with van der Waals surface area (Å²) in [5.74, 6) is -1.33. The number of rotatable bonds is 5. The van der Waals surface area contributed by atoms with Crippen LogP contribution >= 0.6 is 11.3 Å². The summed E-state index contributed by atoms with van der Waals surface area (Å²) in [6.45, 7) is 5.53. The van der Waals surface area contributed by atoms with Gasteiger partial charge in [0.25, 0.3) is 5.91 Å². The summed E-state index contributed by atoms with van der Waals surface area (Å²) in [6.07, 6.45) is 2.53. The lowest BCUT2D eigenvalue weighted by Gasteiger charge is -2.20. The molecule has 1 aromatic rings. The van der Waals surface area contributed by atoms with E-state index in [-0.39, 0.29) is 23.0 Å². The summed E-state index contributed by atoms with van der Waals surface area (Å²) in [4.78, 5) is 45.9. The van der Waals surface area contributed by atoms with Crippen molar-refractivity contribution in [1.82, 2.24) is 10.2 Å². The quantitative estimate of drug-likeness (QED) is 0.792. The van der Waals surface area contributed by atoms with Crippen molar-refractivity contribution in [3.63, 3.8) is 0 Å². The van der Waals surface area contributed by atoms with Gasteiger partial charge in [-0.2, -0.15) is 0 Å². The minimum atomic E-state index is -0.874. The molecular weight excluding hydrogens is 354 g/mol. The molecule has 0 radical (unpaired) electrons. The number of carbonyl (C=O) groups excluding carboxylic acids is 3. The molecule has 0 spiro atoms. The van der Waals surface area contributed by atoms with Gasteiger partial charge in [0, 0.05) is 12.1 Å². The standard InChI is InChI=1S/C18H21N3O4S/c1-10-13-15(23)17-11(14(22)16(13)25-20-10)9-12(26-17)18(24)19-5-4-8-21-6-2-3-7-21/h9,13,16H,2-8H2,1H3,(H,19,24). The highest BCUT2D eigenvalue weighted by atomic mass is 32.1. The van der Waals surface area contributed by atoms with E-state index in [2.05, 4.69) is 15.4 Å². The van der Waals surface area contributed by atoms with Crippen LogP contribution in [0, 0.1) is 5.92 Å². The average Bonchev–Trinajstić information content (AvgIpc) is 3.36. The molecule has 2 atom stereocenters. The van der Waals surface area contributed by atoms with Gasteiger partial charge in [0.05, 0.1) is 15.5 Å². The number of fused-ring (bicyclic) bond motifs is 2. The van der Waals surface area contributed by atoms with Crippen LogP contribution in [0.15, 0.2) is 11.2 Å². The number of hydrogen-bond donors (Lipinski definition) is 1. The third-order valence-corrected chi connectivity index (χ3v) is 6.33. The van der Waals surface area contributed by atoms with Crippen LogP contribution in [0.4, 0.5) is 0 Å². The van der Waals surface area contributed by atoms with Crippen LogP contribution in [-0.2, 0) is 4.84 Å². The fourth-order valence-corrected chi connectivity index (χ4v) is 4.82. The monoisotopic (exact) mass is 375 g/mol. The second-order valence-corrected chi connectivity index (χ2v) is 8.03. The second kappa shape index (κ2) is 6.92. The lowest BCUT2D eigenvalue weighted by molar-refractivity contribution is 0.0402. The van der Waals surface area contributed by atoms with E-state index in [1.54, 1.807) is 6.92 Å². The van der Waals surface area contributed by atoms with Gasteiger partial charge in [-0.25, -0.2) is 0 Å². The van der Waals surface area contributed by atoms with Crippen molar-refractivity contribution in [3.05, 3.63) is 21.4 Å². The minimum absolute atomic E-state index is 0.179. The van der Waals surface area contributed by atoms with E-state index in [1.165, 1.54) is 18.9 Å². The lowest BCUT2D eigenvalue weighted by Crippen LogP contribution is -2.40. The van der Waals surface area contributed by atoms with E-state index >= 15 is 0 Å². The molecule has 1 aromatic heterocycles. The van der Waals surface area contributed by atoms with Crippen molar-refractivity contribution in [2.75, 3.05) is 26.2 Å². The molecule has 2 unspecified atom stereocenters. The van der Waals surface area contributed by atoms with E-state index in [0.717, 1.165) is 37.4 Å². The number of hydrogen-bond acceptors (Lipinski definition) is 7. The topological polar surface area (TPSA) is 88.1 Å². The normalized spacial score (nSPS) is 24.9. The highest BCUT2D eigenvalue weighted by Gasteiger charge is 2.49.